The molecule has 0 aliphatic heterocycles. The molecular weight excluding hydrogens is 288 g/mol. The van der Waals surface area contributed by atoms with Crippen LogP contribution in [0.3, 0.4) is 0 Å². The van der Waals surface area contributed by atoms with E-state index < -0.39 is 6.16 Å². The highest BCUT2D eigenvalue weighted by Gasteiger charge is 2.21. The molecule has 3 rings (SSSR count). The number of aliphatic hydroxyl groups is 3. The van der Waals surface area contributed by atoms with Crippen LogP contribution in [0.4, 0.5) is 0 Å². The van der Waals surface area contributed by atoms with E-state index in [0.717, 1.165) is 5.56 Å². The summed E-state index contributed by atoms with van der Waals surface area (Å²) in [6.07, 6.45) is -3.31. The second kappa shape index (κ2) is 5.27. The van der Waals surface area contributed by atoms with Gasteiger partial charge in [0.1, 0.15) is 17.1 Å². The first kappa shape index (κ1) is 14.3. The van der Waals surface area contributed by atoms with E-state index in [1.165, 1.54) is 24.3 Å². The molecule has 3 aromatic rings. The van der Waals surface area contributed by atoms with Crippen molar-refractivity contribution in [2.45, 2.75) is 6.16 Å². The smallest absolute Gasteiger partial charge is 0.453 e. The summed E-state index contributed by atoms with van der Waals surface area (Å²) in [4.78, 5) is 12.2. The van der Waals surface area contributed by atoms with E-state index in [2.05, 4.69) is 4.74 Å². The van der Waals surface area contributed by atoms with Gasteiger partial charge in [-0.3, -0.25) is 4.79 Å². The maximum atomic E-state index is 12.2. The summed E-state index contributed by atoms with van der Waals surface area (Å²) in [6, 6.07) is 14.6. The molecule has 22 heavy (non-hydrogen) atoms. The Hall–Kier alpha value is -2.67. The minimum atomic E-state index is -3.31. The Morgan fingerprint density at radius 1 is 0.955 bits per heavy atom. The van der Waals surface area contributed by atoms with Crippen LogP contribution in [0.2, 0.25) is 0 Å². The van der Waals surface area contributed by atoms with Crippen LogP contribution in [-0.2, 0) is 0 Å². The molecule has 0 aliphatic carbocycles. The first-order valence-electron chi connectivity index (χ1n) is 6.42. The number of benzene rings is 2. The SMILES string of the molecule is O=c1cc(-c2ccccc2)oc2ccc(OC(O)(O)O)cc12. The zero-order valence-electron chi connectivity index (χ0n) is 11.3. The van der Waals surface area contributed by atoms with E-state index in [9.17, 15) is 4.79 Å². The van der Waals surface area contributed by atoms with Gasteiger partial charge in [-0.15, -0.1) is 0 Å². The fraction of sp³-hybridized carbons (Fsp3) is 0.0625. The molecule has 0 amide bonds. The second-order valence-electron chi connectivity index (χ2n) is 4.67. The molecule has 0 bridgehead atoms. The van der Waals surface area contributed by atoms with Gasteiger partial charge in [0.05, 0.1) is 5.39 Å². The van der Waals surface area contributed by atoms with Crippen molar-refractivity contribution in [3.05, 3.63) is 64.8 Å². The summed E-state index contributed by atoms with van der Waals surface area (Å²) in [7, 11) is 0. The normalized spacial score (nSPS) is 11.6. The van der Waals surface area contributed by atoms with Crippen LogP contribution in [-0.4, -0.2) is 21.5 Å². The number of fused-ring (bicyclic) bond motifs is 1. The molecule has 0 saturated carbocycles. The molecule has 0 atom stereocenters. The summed E-state index contributed by atoms with van der Waals surface area (Å²) in [5, 5.41) is 26.6. The van der Waals surface area contributed by atoms with E-state index in [4.69, 9.17) is 19.7 Å². The van der Waals surface area contributed by atoms with Gasteiger partial charge in [-0.1, -0.05) is 30.3 Å². The molecule has 0 spiro atoms. The molecule has 0 radical (unpaired) electrons. The maximum Gasteiger partial charge on any atom is 0.453 e. The Kier molecular flexibility index (Phi) is 3.42. The third kappa shape index (κ3) is 2.99. The predicted octanol–water partition coefficient (Wildman–Crippen LogP) is 1.43. The third-order valence-corrected chi connectivity index (χ3v) is 3.01. The van der Waals surface area contributed by atoms with Crippen LogP contribution in [0.25, 0.3) is 22.3 Å². The van der Waals surface area contributed by atoms with Crippen LogP contribution in [0.5, 0.6) is 5.75 Å². The Balaban J connectivity index is 2.09. The number of hydrogen-bond acceptors (Lipinski definition) is 6. The van der Waals surface area contributed by atoms with Gasteiger partial charge < -0.3 is 24.5 Å². The largest absolute Gasteiger partial charge is 0.456 e. The Morgan fingerprint density at radius 3 is 2.36 bits per heavy atom. The van der Waals surface area contributed by atoms with Crippen molar-refractivity contribution in [3.8, 4) is 17.1 Å². The van der Waals surface area contributed by atoms with Gasteiger partial charge in [-0.25, -0.2) is 0 Å². The highest BCUT2D eigenvalue weighted by molar-refractivity contribution is 5.80. The Bertz CT molecular complexity index is 861. The lowest BCUT2D eigenvalue weighted by Crippen LogP contribution is -2.34. The number of hydrogen-bond donors (Lipinski definition) is 3. The molecule has 1 aromatic heterocycles. The van der Waals surface area contributed by atoms with Crippen LogP contribution < -0.4 is 10.2 Å². The lowest BCUT2D eigenvalue weighted by Gasteiger charge is -2.15. The minimum Gasteiger partial charge on any atom is -0.456 e. The van der Waals surface area contributed by atoms with E-state index in [0.29, 0.717) is 11.3 Å². The van der Waals surface area contributed by atoms with Crippen LogP contribution >= 0.6 is 0 Å². The molecule has 112 valence electrons. The average Bonchev–Trinajstić information content (AvgIpc) is 2.47. The van der Waals surface area contributed by atoms with Gasteiger partial charge in [0, 0.05) is 11.6 Å². The number of ether oxygens (including phenoxy) is 1. The molecule has 6 heteroatoms. The fourth-order valence-electron chi connectivity index (χ4n) is 2.10. The van der Waals surface area contributed by atoms with Crippen molar-refractivity contribution in [2.24, 2.45) is 0 Å². The first-order chi connectivity index (χ1) is 10.4. The first-order valence-corrected chi connectivity index (χ1v) is 6.42. The van der Waals surface area contributed by atoms with E-state index in [1.807, 2.05) is 30.3 Å². The summed E-state index contributed by atoms with van der Waals surface area (Å²) in [6.45, 7) is 0. The minimum absolute atomic E-state index is 0.0836. The van der Waals surface area contributed by atoms with Gasteiger partial charge in [0.2, 0.25) is 0 Å². The van der Waals surface area contributed by atoms with E-state index in [1.54, 1.807) is 0 Å². The summed E-state index contributed by atoms with van der Waals surface area (Å²) in [5.74, 6) is 0.340. The molecule has 0 saturated heterocycles. The molecule has 6 nitrogen and oxygen atoms in total. The zero-order valence-corrected chi connectivity index (χ0v) is 11.3. The topological polar surface area (TPSA) is 100 Å². The monoisotopic (exact) mass is 300 g/mol. The lowest BCUT2D eigenvalue weighted by atomic mass is 10.1. The molecule has 0 unspecified atom stereocenters. The predicted molar refractivity (Wildman–Crippen MR) is 77.9 cm³/mol. The molecule has 3 N–H and O–H groups in total. The Morgan fingerprint density at radius 2 is 1.68 bits per heavy atom. The average molecular weight is 300 g/mol. The molecule has 2 aromatic carbocycles. The van der Waals surface area contributed by atoms with Gasteiger partial charge in [-0.2, -0.15) is 0 Å². The van der Waals surface area contributed by atoms with Gasteiger partial charge in [0.15, 0.2) is 5.43 Å². The van der Waals surface area contributed by atoms with E-state index >= 15 is 0 Å². The van der Waals surface area contributed by atoms with Crippen molar-refractivity contribution in [1.82, 2.24) is 0 Å². The maximum absolute atomic E-state index is 12.2. The summed E-state index contributed by atoms with van der Waals surface area (Å²) < 4.78 is 10.1. The quantitative estimate of drug-likeness (QED) is 0.633. The summed E-state index contributed by atoms with van der Waals surface area (Å²) in [5.41, 5.74) is 0.769. The highest BCUT2D eigenvalue weighted by atomic mass is 16.9. The van der Waals surface area contributed by atoms with Crippen molar-refractivity contribution in [1.29, 1.82) is 0 Å². The molecule has 0 aliphatic rings. The lowest BCUT2D eigenvalue weighted by molar-refractivity contribution is -0.419. The Labute approximate surface area is 124 Å². The molecule has 0 fully saturated rings. The molecular formula is C16H12O6. The zero-order chi connectivity index (χ0) is 15.7. The van der Waals surface area contributed by atoms with Crippen LogP contribution in [0.15, 0.2) is 63.8 Å². The van der Waals surface area contributed by atoms with Crippen LogP contribution in [0.1, 0.15) is 0 Å². The highest BCUT2D eigenvalue weighted by Crippen LogP contribution is 2.25. The fourth-order valence-corrected chi connectivity index (χ4v) is 2.10. The van der Waals surface area contributed by atoms with Gasteiger partial charge in [0.25, 0.3) is 0 Å². The second-order valence-corrected chi connectivity index (χ2v) is 4.67. The van der Waals surface area contributed by atoms with Crippen molar-refractivity contribution >= 4 is 11.0 Å². The third-order valence-electron chi connectivity index (χ3n) is 3.01. The standard InChI is InChI=1S/C16H12O6/c17-13-9-15(10-4-2-1-3-5-10)21-14-7-6-11(8-12(13)14)22-16(18,19)20/h1-9,18-20H. The van der Waals surface area contributed by atoms with Crippen molar-refractivity contribution < 1.29 is 24.5 Å². The molecule has 1 heterocycles. The van der Waals surface area contributed by atoms with Crippen molar-refractivity contribution in [2.75, 3.05) is 0 Å². The van der Waals surface area contributed by atoms with E-state index in [-0.39, 0.29) is 16.6 Å². The number of rotatable bonds is 3. The van der Waals surface area contributed by atoms with Crippen LogP contribution in [0, 0.1) is 0 Å². The van der Waals surface area contributed by atoms with Gasteiger partial charge >= 0.3 is 6.16 Å². The summed E-state index contributed by atoms with van der Waals surface area (Å²) >= 11 is 0. The van der Waals surface area contributed by atoms with Gasteiger partial charge in [-0.05, 0) is 18.2 Å². The van der Waals surface area contributed by atoms with Crippen molar-refractivity contribution in [3.63, 3.8) is 0 Å².